The lowest BCUT2D eigenvalue weighted by Crippen LogP contribution is -2.27. The van der Waals surface area contributed by atoms with Gasteiger partial charge in [0.15, 0.2) is 0 Å². The van der Waals surface area contributed by atoms with E-state index in [1.165, 1.54) is 23.2 Å². The zero-order valence-corrected chi connectivity index (χ0v) is 10.9. The number of anilines is 1. The second kappa shape index (κ2) is 4.48. The van der Waals surface area contributed by atoms with Gasteiger partial charge in [0, 0.05) is 12.2 Å². The Kier molecular flexibility index (Phi) is 3.22. The summed E-state index contributed by atoms with van der Waals surface area (Å²) in [6.45, 7) is 10.3. The Morgan fingerprint density at radius 1 is 1.19 bits per heavy atom. The van der Waals surface area contributed by atoms with Crippen molar-refractivity contribution in [3.05, 3.63) is 29.3 Å². The molecule has 1 aromatic carbocycles. The molecule has 1 heterocycles. The fourth-order valence-electron chi connectivity index (χ4n) is 2.55. The molecule has 0 bridgehead atoms. The summed E-state index contributed by atoms with van der Waals surface area (Å²) in [5.74, 6) is 2.16. The maximum absolute atomic E-state index is 3.64. The summed E-state index contributed by atoms with van der Waals surface area (Å²) >= 11 is 0. The molecule has 1 aromatic rings. The second-order valence-electron chi connectivity index (χ2n) is 5.63. The van der Waals surface area contributed by atoms with Crippen molar-refractivity contribution in [2.45, 2.75) is 40.0 Å². The molecule has 1 heteroatoms. The Hall–Kier alpha value is -0.980. The predicted octanol–water partition coefficient (Wildman–Crippen LogP) is 4.05. The van der Waals surface area contributed by atoms with E-state index in [9.17, 15) is 0 Å². The van der Waals surface area contributed by atoms with Crippen molar-refractivity contribution in [2.75, 3.05) is 11.9 Å². The molecule has 0 saturated heterocycles. The highest BCUT2D eigenvalue weighted by Gasteiger charge is 2.22. The van der Waals surface area contributed by atoms with E-state index in [0.717, 1.165) is 18.4 Å². The minimum Gasteiger partial charge on any atom is -0.384 e. The molecule has 0 aromatic heterocycles. The zero-order valence-electron chi connectivity index (χ0n) is 10.9. The lowest BCUT2D eigenvalue weighted by Gasteiger charge is -2.31. The third-order valence-electron chi connectivity index (χ3n) is 3.77. The minimum atomic E-state index is 0.609. The highest BCUT2D eigenvalue weighted by atomic mass is 14.9. The standard InChI is InChI=1S/C15H23N/c1-10(2)13-8-12-6-5-7-14(11(3)4)15(12)16-9-13/h5-7,10-11,13,16H,8-9H2,1-4H3. The van der Waals surface area contributed by atoms with Gasteiger partial charge in [-0.1, -0.05) is 45.9 Å². The number of para-hydroxylation sites is 1. The first-order chi connectivity index (χ1) is 7.59. The monoisotopic (exact) mass is 217 g/mol. The van der Waals surface area contributed by atoms with Gasteiger partial charge in [-0.3, -0.25) is 0 Å². The van der Waals surface area contributed by atoms with Gasteiger partial charge in [0.2, 0.25) is 0 Å². The third kappa shape index (κ3) is 2.09. The van der Waals surface area contributed by atoms with Crippen LogP contribution in [0.2, 0.25) is 0 Å². The van der Waals surface area contributed by atoms with E-state index in [1.807, 2.05) is 0 Å². The normalized spacial score (nSPS) is 19.8. The first-order valence-corrected chi connectivity index (χ1v) is 6.45. The van der Waals surface area contributed by atoms with Crippen LogP contribution in [0, 0.1) is 11.8 Å². The average Bonchev–Trinajstić information content (AvgIpc) is 2.27. The molecule has 1 N–H and O–H groups in total. The number of hydrogen-bond acceptors (Lipinski definition) is 1. The number of nitrogens with one attached hydrogen (secondary N) is 1. The van der Waals surface area contributed by atoms with Crippen molar-refractivity contribution in [3.8, 4) is 0 Å². The van der Waals surface area contributed by atoms with E-state index in [4.69, 9.17) is 0 Å². The SMILES string of the molecule is CC(C)c1cccc2c1NCC(C(C)C)C2. The molecule has 0 spiro atoms. The molecule has 1 unspecified atom stereocenters. The summed E-state index contributed by atoms with van der Waals surface area (Å²) in [6.07, 6.45) is 1.24. The van der Waals surface area contributed by atoms with Crippen LogP contribution >= 0.6 is 0 Å². The van der Waals surface area contributed by atoms with Crippen molar-refractivity contribution in [2.24, 2.45) is 11.8 Å². The van der Waals surface area contributed by atoms with Crippen LogP contribution < -0.4 is 5.32 Å². The van der Waals surface area contributed by atoms with Crippen LogP contribution in [0.1, 0.15) is 44.7 Å². The van der Waals surface area contributed by atoms with E-state index in [2.05, 4.69) is 51.2 Å². The Morgan fingerprint density at radius 3 is 2.56 bits per heavy atom. The Bertz CT molecular complexity index is 366. The van der Waals surface area contributed by atoms with Gasteiger partial charge in [0.25, 0.3) is 0 Å². The second-order valence-corrected chi connectivity index (χ2v) is 5.63. The molecular formula is C15H23N. The van der Waals surface area contributed by atoms with Gasteiger partial charge in [0.1, 0.15) is 0 Å². The van der Waals surface area contributed by atoms with E-state index in [1.54, 1.807) is 0 Å². The fourth-order valence-corrected chi connectivity index (χ4v) is 2.55. The summed E-state index contributed by atoms with van der Waals surface area (Å²) < 4.78 is 0. The molecule has 0 fully saturated rings. The largest absolute Gasteiger partial charge is 0.384 e. The molecule has 1 atom stereocenters. The van der Waals surface area contributed by atoms with Gasteiger partial charge < -0.3 is 5.32 Å². The van der Waals surface area contributed by atoms with E-state index < -0.39 is 0 Å². The number of rotatable bonds is 2. The molecule has 1 nitrogen and oxygen atoms in total. The average molecular weight is 217 g/mol. The predicted molar refractivity (Wildman–Crippen MR) is 71.1 cm³/mol. The number of benzene rings is 1. The topological polar surface area (TPSA) is 12.0 Å². The number of hydrogen-bond donors (Lipinski definition) is 1. The van der Waals surface area contributed by atoms with Gasteiger partial charge in [-0.2, -0.15) is 0 Å². The molecule has 1 aliphatic rings. The zero-order chi connectivity index (χ0) is 11.7. The first kappa shape index (κ1) is 11.5. The molecule has 0 amide bonds. The van der Waals surface area contributed by atoms with Crippen molar-refractivity contribution < 1.29 is 0 Å². The molecule has 1 aliphatic heterocycles. The summed E-state index contributed by atoms with van der Waals surface area (Å²) in [5.41, 5.74) is 4.39. The van der Waals surface area contributed by atoms with Crippen LogP contribution in [0.3, 0.4) is 0 Å². The summed E-state index contributed by atoms with van der Waals surface area (Å²) in [5, 5.41) is 3.64. The van der Waals surface area contributed by atoms with Crippen molar-refractivity contribution in [1.82, 2.24) is 0 Å². The van der Waals surface area contributed by atoms with Gasteiger partial charge >= 0.3 is 0 Å². The van der Waals surface area contributed by atoms with E-state index >= 15 is 0 Å². The van der Waals surface area contributed by atoms with Crippen molar-refractivity contribution in [3.63, 3.8) is 0 Å². The lowest BCUT2D eigenvalue weighted by molar-refractivity contribution is 0.393. The van der Waals surface area contributed by atoms with Crippen LogP contribution in [-0.2, 0) is 6.42 Å². The maximum atomic E-state index is 3.64. The third-order valence-corrected chi connectivity index (χ3v) is 3.77. The molecule has 88 valence electrons. The van der Waals surface area contributed by atoms with Crippen LogP contribution in [-0.4, -0.2) is 6.54 Å². The minimum absolute atomic E-state index is 0.609. The first-order valence-electron chi connectivity index (χ1n) is 6.45. The summed E-state index contributed by atoms with van der Waals surface area (Å²) in [4.78, 5) is 0. The molecule has 2 rings (SSSR count). The smallest absolute Gasteiger partial charge is 0.0408 e. The molecule has 0 saturated carbocycles. The van der Waals surface area contributed by atoms with Gasteiger partial charge in [-0.15, -0.1) is 0 Å². The van der Waals surface area contributed by atoms with Crippen LogP contribution in [0.5, 0.6) is 0 Å². The summed E-state index contributed by atoms with van der Waals surface area (Å²) in [7, 11) is 0. The van der Waals surface area contributed by atoms with Crippen molar-refractivity contribution in [1.29, 1.82) is 0 Å². The quantitative estimate of drug-likeness (QED) is 0.788. The van der Waals surface area contributed by atoms with Crippen LogP contribution in [0.4, 0.5) is 5.69 Å². The Balaban J connectivity index is 2.31. The lowest BCUT2D eigenvalue weighted by atomic mass is 9.84. The molecule has 0 aliphatic carbocycles. The highest BCUT2D eigenvalue weighted by Crippen LogP contribution is 2.34. The van der Waals surface area contributed by atoms with E-state index in [0.29, 0.717) is 5.92 Å². The van der Waals surface area contributed by atoms with Crippen LogP contribution in [0.15, 0.2) is 18.2 Å². The maximum Gasteiger partial charge on any atom is 0.0408 e. The van der Waals surface area contributed by atoms with Gasteiger partial charge in [-0.05, 0) is 35.3 Å². The van der Waals surface area contributed by atoms with Crippen molar-refractivity contribution >= 4 is 5.69 Å². The van der Waals surface area contributed by atoms with Crippen LogP contribution in [0.25, 0.3) is 0 Å². The molecule has 16 heavy (non-hydrogen) atoms. The van der Waals surface area contributed by atoms with E-state index in [-0.39, 0.29) is 0 Å². The molecule has 0 radical (unpaired) electrons. The Labute approximate surface area is 99.3 Å². The number of fused-ring (bicyclic) bond motifs is 1. The molecular weight excluding hydrogens is 194 g/mol. The summed E-state index contributed by atoms with van der Waals surface area (Å²) in [6, 6.07) is 6.74. The van der Waals surface area contributed by atoms with Gasteiger partial charge in [0.05, 0.1) is 0 Å². The van der Waals surface area contributed by atoms with Gasteiger partial charge in [-0.25, -0.2) is 0 Å². The highest BCUT2D eigenvalue weighted by molar-refractivity contribution is 5.60. The fraction of sp³-hybridized carbons (Fsp3) is 0.600. The Morgan fingerprint density at radius 2 is 1.94 bits per heavy atom.